The first kappa shape index (κ1) is 11.0. The SMILES string of the molecule is CC(O)C(C)N(C)C1CCNCC1. The third kappa shape index (κ3) is 2.93. The van der Waals surface area contributed by atoms with Crippen LogP contribution in [0.4, 0.5) is 0 Å². The van der Waals surface area contributed by atoms with Crippen LogP contribution in [0.5, 0.6) is 0 Å². The fourth-order valence-electron chi connectivity index (χ4n) is 1.89. The molecule has 1 saturated heterocycles. The summed E-state index contributed by atoms with van der Waals surface area (Å²) in [6.45, 7) is 6.18. The number of nitrogens with one attached hydrogen (secondary N) is 1. The van der Waals surface area contributed by atoms with Crippen molar-refractivity contribution in [1.29, 1.82) is 0 Å². The van der Waals surface area contributed by atoms with Crippen molar-refractivity contribution in [3.63, 3.8) is 0 Å². The average Bonchev–Trinajstić information content (AvgIpc) is 2.17. The van der Waals surface area contributed by atoms with E-state index in [1.807, 2.05) is 6.92 Å². The van der Waals surface area contributed by atoms with Crippen molar-refractivity contribution in [2.75, 3.05) is 20.1 Å². The highest BCUT2D eigenvalue weighted by atomic mass is 16.3. The summed E-state index contributed by atoms with van der Waals surface area (Å²) in [5.74, 6) is 0. The van der Waals surface area contributed by atoms with E-state index >= 15 is 0 Å². The molecule has 1 fully saturated rings. The van der Waals surface area contributed by atoms with Crippen molar-refractivity contribution in [2.24, 2.45) is 0 Å². The Balaban J connectivity index is 2.40. The minimum absolute atomic E-state index is 0.236. The molecule has 1 rings (SSSR count). The molecule has 3 nitrogen and oxygen atoms in total. The highest BCUT2D eigenvalue weighted by molar-refractivity contribution is 4.80. The van der Waals surface area contributed by atoms with Gasteiger partial charge in [-0.05, 0) is 46.8 Å². The Hall–Kier alpha value is -0.120. The van der Waals surface area contributed by atoms with Crippen LogP contribution in [0, 0.1) is 0 Å². The second kappa shape index (κ2) is 4.94. The van der Waals surface area contributed by atoms with Gasteiger partial charge in [-0.3, -0.25) is 4.90 Å². The molecule has 3 heteroatoms. The predicted octanol–water partition coefficient (Wildman–Crippen LogP) is 0.439. The third-order valence-electron chi connectivity index (χ3n) is 3.23. The van der Waals surface area contributed by atoms with E-state index in [9.17, 15) is 5.11 Å². The van der Waals surface area contributed by atoms with Gasteiger partial charge in [0.25, 0.3) is 0 Å². The van der Waals surface area contributed by atoms with E-state index in [1.54, 1.807) is 0 Å². The molecule has 1 aliphatic rings. The zero-order valence-corrected chi connectivity index (χ0v) is 8.95. The summed E-state index contributed by atoms with van der Waals surface area (Å²) >= 11 is 0. The molecule has 0 saturated carbocycles. The largest absolute Gasteiger partial charge is 0.392 e. The lowest BCUT2D eigenvalue weighted by molar-refractivity contribution is 0.0520. The number of hydrogen-bond donors (Lipinski definition) is 2. The van der Waals surface area contributed by atoms with E-state index < -0.39 is 0 Å². The maximum Gasteiger partial charge on any atom is 0.0664 e. The third-order valence-corrected chi connectivity index (χ3v) is 3.23. The first-order valence-corrected chi connectivity index (χ1v) is 5.23. The molecule has 0 radical (unpaired) electrons. The number of aliphatic hydroxyl groups is 1. The van der Waals surface area contributed by atoms with E-state index in [4.69, 9.17) is 0 Å². The van der Waals surface area contributed by atoms with Crippen molar-refractivity contribution in [3.8, 4) is 0 Å². The fourth-order valence-corrected chi connectivity index (χ4v) is 1.89. The summed E-state index contributed by atoms with van der Waals surface area (Å²) in [6.07, 6.45) is 2.17. The second-order valence-corrected chi connectivity index (χ2v) is 4.13. The van der Waals surface area contributed by atoms with Crippen LogP contribution in [-0.4, -0.2) is 48.3 Å². The van der Waals surface area contributed by atoms with Crippen LogP contribution in [0.15, 0.2) is 0 Å². The van der Waals surface area contributed by atoms with Crippen molar-refractivity contribution in [2.45, 2.75) is 44.9 Å². The predicted molar refractivity (Wildman–Crippen MR) is 54.8 cm³/mol. The molecule has 0 bridgehead atoms. The van der Waals surface area contributed by atoms with Gasteiger partial charge in [0, 0.05) is 12.1 Å². The number of hydrogen-bond acceptors (Lipinski definition) is 3. The Morgan fingerprint density at radius 1 is 1.31 bits per heavy atom. The molecule has 0 amide bonds. The highest BCUT2D eigenvalue weighted by Gasteiger charge is 2.23. The van der Waals surface area contributed by atoms with Crippen molar-refractivity contribution in [3.05, 3.63) is 0 Å². The maximum atomic E-state index is 9.46. The van der Waals surface area contributed by atoms with E-state index in [0.717, 1.165) is 13.1 Å². The Morgan fingerprint density at radius 3 is 2.31 bits per heavy atom. The van der Waals surface area contributed by atoms with E-state index in [0.29, 0.717) is 6.04 Å². The second-order valence-electron chi connectivity index (χ2n) is 4.13. The van der Waals surface area contributed by atoms with Crippen LogP contribution in [0.2, 0.25) is 0 Å². The number of aliphatic hydroxyl groups excluding tert-OH is 1. The van der Waals surface area contributed by atoms with Gasteiger partial charge >= 0.3 is 0 Å². The number of piperidine rings is 1. The van der Waals surface area contributed by atoms with Crippen LogP contribution in [0.1, 0.15) is 26.7 Å². The molecule has 0 aromatic heterocycles. The summed E-state index contributed by atoms with van der Waals surface area (Å²) in [4.78, 5) is 2.31. The van der Waals surface area contributed by atoms with Gasteiger partial charge in [0.1, 0.15) is 0 Å². The van der Waals surface area contributed by atoms with Gasteiger partial charge < -0.3 is 10.4 Å². The molecular formula is C10H22N2O. The lowest BCUT2D eigenvalue weighted by Crippen LogP contribution is -2.48. The summed E-state index contributed by atoms with van der Waals surface area (Å²) in [6, 6.07) is 0.911. The van der Waals surface area contributed by atoms with Crippen molar-refractivity contribution >= 4 is 0 Å². The van der Waals surface area contributed by atoms with Crippen LogP contribution >= 0.6 is 0 Å². The summed E-state index contributed by atoms with van der Waals surface area (Å²) in [5.41, 5.74) is 0. The minimum atomic E-state index is -0.236. The summed E-state index contributed by atoms with van der Waals surface area (Å²) in [7, 11) is 2.12. The summed E-state index contributed by atoms with van der Waals surface area (Å²) < 4.78 is 0. The molecular weight excluding hydrogens is 164 g/mol. The molecule has 2 unspecified atom stereocenters. The molecule has 0 aromatic rings. The molecule has 78 valence electrons. The fraction of sp³-hybridized carbons (Fsp3) is 1.00. The van der Waals surface area contributed by atoms with E-state index in [-0.39, 0.29) is 12.1 Å². The Kier molecular flexibility index (Phi) is 4.16. The molecule has 1 aliphatic heterocycles. The maximum absolute atomic E-state index is 9.46. The van der Waals surface area contributed by atoms with Crippen LogP contribution < -0.4 is 5.32 Å². The van der Waals surface area contributed by atoms with Crippen molar-refractivity contribution in [1.82, 2.24) is 10.2 Å². The van der Waals surface area contributed by atoms with Crippen LogP contribution in [-0.2, 0) is 0 Å². The standard InChI is InChI=1S/C10H22N2O/c1-8(9(2)13)12(3)10-4-6-11-7-5-10/h8-11,13H,4-7H2,1-3H3. The first-order chi connectivity index (χ1) is 6.13. The van der Waals surface area contributed by atoms with Gasteiger partial charge in [-0.25, -0.2) is 0 Å². The quantitative estimate of drug-likeness (QED) is 0.671. The lowest BCUT2D eigenvalue weighted by Gasteiger charge is -2.37. The Morgan fingerprint density at radius 2 is 1.85 bits per heavy atom. The number of nitrogens with zero attached hydrogens (tertiary/aromatic N) is 1. The molecule has 0 aromatic carbocycles. The molecule has 0 spiro atoms. The van der Waals surface area contributed by atoms with Gasteiger partial charge in [-0.2, -0.15) is 0 Å². The van der Waals surface area contributed by atoms with Gasteiger partial charge in [-0.1, -0.05) is 0 Å². The smallest absolute Gasteiger partial charge is 0.0664 e. The number of likely N-dealkylation sites (N-methyl/N-ethyl adjacent to an activating group) is 1. The van der Waals surface area contributed by atoms with Gasteiger partial charge in [-0.15, -0.1) is 0 Å². The van der Waals surface area contributed by atoms with Gasteiger partial charge in [0.05, 0.1) is 6.10 Å². The molecule has 1 heterocycles. The minimum Gasteiger partial charge on any atom is -0.392 e. The molecule has 0 aliphatic carbocycles. The van der Waals surface area contributed by atoms with Crippen LogP contribution in [0.25, 0.3) is 0 Å². The average molecular weight is 186 g/mol. The highest BCUT2D eigenvalue weighted by Crippen LogP contribution is 2.14. The van der Waals surface area contributed by atoms with E-state index in [2.05, 4.69) is 24.2 Å². The van der Waals surface area contributed by atoms with Crippen molar-refractivity contribution < 1.29 is 5.11 Å². The monoisotopic (exact) mass is 186 g/mol. The van der Waals surface area contributed by atoms with Gasteiger partial charge in [0.15, 0.2) is 0 Å². The Labute approximate surface area is 81.1 Å². The Bertz CT molecular complexity index is 144. The van der Waals surface area contributed by atoms with Gasteiger partial charge in [0.2, 0.25) is 0 Å². The number of rotatable bonds is 3. The zero-order valence-electron chi connectivity index (χ0n) is 8.95. The zero-order chi connectivity index (χ0) is 9.84. The molecule has 13 heavy (non-hydrogen) atoms. The summed E-state index contributed by atoms with van der Waals surface area (Å²) in [5, 5.41) is 12.8. The van der Waals surface area contributed by atoms with E-state index in [1.165, 1.54) is 12.8 Å². The van der Waals surface area contributed by atoms with Crippen LogP contribution in [0.3, 0.4) is 0 Å². The molecule has 2 atom stereocenters. The lowest BCUT2D eigenvalue weighted by atomic mass is 10.0. The first-order valence-electron chi connectivity index (χ1n) is 5.23. The normalized spacial score (nSPS) is 24.7. The topological polar surface area (TPSA) is 35.5 Å². The molecule has 2 N–H and O–H groups in total.